The van der Waals surface area contributed by atoms with E-state index in [1.54, 1.807) is 0 Å². The molecule has 4 nitrogen and oxygen atoms in total. The molecule has 0 saturated heterocycles. The summed E-state index contributed by atoms with van der Waals surface area (Å²) in [5.41, 5.74) is 2.55. The second-order valence-corrected chi connectivity index (χ2v) is 4.88. The van der Waals surface area contributed by atoms with Crippen molar-refractivity contribution in [2.45, 2.75) is 12.8 Å². The van der Waals surface area contributed by atoms with Crippen molar-refractivity contribution in [1.82, 2.24) is 0 Å². The molecule has 90 valence electrons. The van der Waals surface area contributed by atoms with Gasteiger partial charge in [-0.05, 0) is 24.1 Å². The SMILES string of the molecule is COC(=O)CC1Cc2ccc(Br)cc2C1=NO. The van der Waals surface area contributed by atoms with Crippen LogP contribution >= 0.6 is 15.9 Å². The maximum atomic E-state index is 11.3. The van der Waals surface area contributed by atoms with Gasteiger partial charge in [-0.3, -0.25) is 4.79 Å². The van der Waals surface area contributed by atoms with Crippen molar-refractivity contribution in [1.29, 1.82) is 0 Å². The summed E-state index contributed by atoms with van der Waals surface area (Å²) < 4.78 is 5.57. The fraction of sp³-hybridized carbons (Fsp3) is 0.333. The number of hydrogen-bond donors (Lipinski definition) is 1. The van der Waals surface area contributed by atoms with Gasteiger partial charge in [0.1, 0.15) is 0 Å². The third-order valence-electron chi connectivity index (χ3n) is 2.95. The zero-order valence-electron chi connectivity index (χ0n) is 9.31. The Kier molecular flexibility index (Phi) is 3.47. The average molecular weight is 298 g/mol. The van der Waals surface area contributed by atoms with Crippen LogP contribution in [0.1, 0.15) is 17.5 Å². The number of esters is 1. The fourth-order valence-corrected chi connectivity index (χ4v) is 2.50. The molecule has 0 saturated carbocycles. The molecule has 1 N–H and O–H groups in total. The van der Waals surface area contributed by atoms with Crippen molar-refractivity contribution in [3.8, 4) is 0 Å². The average Bonchev–Trinajstić information content (AvgIpc) is 2.65. The lowest BCUT2D eigenvalue weighted by atomic mass is 10.0. The lowest BCUT2D eigenvalue weighted by Gasteiger charge is -2.07. The number of carbonyl (C=O) groups excluding carboxylic acids is 1. The number of ether oxygens (including phenoxy) is 1. The van der Waals surface area contributed by atoms with Gasteiger partial charge in [0.05, 0.1) is 19.2 Å². The van der Waals surface area contributed by atoms with Gasteiger partial charge in [0.25, 0.3) is 0 Å². The van der Waals surface area contributed by atoms with Crippen LogP contribution in [-0.2, 0) is 16.0 Å². The van der Waals surface area contributed by atoms with Crippen molar-refractivity contribution in [3.05, 3.63) is 33.8 Å². The van der Waals surface area contributed by atoms with Crippen molar-refractivity contribution < 1.29 is 14.7 Å². The van der Waals surface area contributed by atoms with E-state index in [-0.39, 0.29) is 18.3 Å². The first kappa shape index (κ1) is 12.1. The largest absolute Gasteiger partial charge is 0.469 e. The molecule has 0 fully saturated rings. The molecule has 1 aliphatic rings. The number of oxime groups is 1. The van der Waals surface area contributed by atoms with Crippen LogP contribution in [0, 0.1) is 5.92 Å². The first-order valence-electron chi connectivity index (χ1n) is 5.23. The Bertz CT molecular complexity index is 485. The van der Waals surface area contributed by atoms with Crippen LogP contribution in [0.25, 0.3) is 0 Å². The quantitative estimate of drug-likeness (QED) is 0.518. The Morgan fingerprint density at radius 1 is 1.65 bits per heavy atom. The minimum absolute atomic E-state index is 0.100. The molecule has 0 bridgehead atoms. The summed E-state index contributed by atoms with van der Waals surface area (Å²) in [6.07, 6.45) is 0.944. The van der Waals surface area contributed by atoms with Crippen LogP contribution in [0.2, 0.25) is 0 Å². The van der Waals surface area contributed by atoms with Gasteiger partial charge in [0.15, 0.2) is 0 Å². The normalized spacial score (nSPS) is 20.4. The highest BCUT2D eigenvalue weighted by Gasteiger charge is 2.31. The summed E-state index contributed by atoms with van der Waals surface area (Å²) in [7, 11) is 1.36. The molecule has 0 aromatic heterocycles. The maximum Gasteiger partial charge on any atom is 0.306 e. The number of nitrogens with zero attached hydrogens (tertiary/aromatic N) is 1. The van der Waals surface area contributed by atoms with E-state index in [9.17, 15) is 4.79 Å². The molecule has 1 aromatic rings. The Labute approximate surface area is 107 Å². The molecule has 1 atom stereocenters. The van der Waals surface area contributed by atoms with E-state index in [0.717, 1.165) is 15.6 Å². The van der Waals surface area contributed by atoms with Crippen LogP contribution in [0.15, 0.2) is 27.8 Å². The Balaban J connectivity index is 2.29. The van der Waals surface area contributed by atoms with Gasteiger partial charge in [0, 0.05) is 16.0 Å². The monoisotopic (exact) mass is 297 g/mol. The Morgan fingerprint density at radius 3 is 3.06 bits per heavy atom. The molecule has 1 unspecified atom stereocenters. The topological polar surface area (TPSA) is 58.9 Å². The number of hydrogen-bond acceptors (Lipinski definition) is 4. The molecule has 17 heavy (non-hydrogen) atoms. The van der Waals surface area contributed by atoms with Crippen LogP contribution in [0.4, 0.5) is 0 Å². The molecular weight excluding hydrogens is 286 g/mol. The Hall–Kier alpha value is -1.36. The first-order chi connectivity index (χ1) is 8.15. The van der Waals surface area contributed by atoms with Crippen LogP contribution in [0.3, 0.4) is 0 Å². The number of halogens is 1. The third-order valence-corrected chi connectivity index (χ3v) is 3.44. The lowest BCUT2D eigenvalue weighted by Crippen LogP contribution is -2.16. The van der Waals surface area contributed by atoms with E-state index >= 15 is 0 Å². The van der Waals surface area contributed by atoms with Crippen LogP contribution in [-0.4, -0.2) is 24.0 Å². The van der Waals surface area contributed by atoms with E-state index in [1.807, 2.05) is 18.2 Å². The number of methoxy groups -OCH3 is 1. The van der Waals surface area contributed by atoms with Gasteiger partial charge < -0.3 is 9.94 Å². The van der Waals surface area contributed by atoms with E-state index < -0.39 is 0 Å². The van der Waals surface area contributed by atoms with Gasteiger partial charge in [-0.2, -0.15) is 0 Å². The lowest BCUT2D eigenvalue weighted by molar-refractivity contribution is -0.141. The maximum absolute atomic E-state index is 11.3. The summed E-state index contributed by atoms with van der Waals surface area (Å²) in [5.74, 6) is -0.389. The van der Waals surface area contributed by atoms with Crippen LogP contribution < -0.4 is 0 Å². The molecule has 0 heterocycles. The number of fused-ring (bicyclic) bond motifs is 1. The standard InChI is InChI=1S/C12H12BrNO3/c1-17-11(15)5-8-4-7-2-3-9(13)6-10(7)12(8)14-16/h2-3,6,8,16H,4-5H2,1H3. The molecule has 0 amide bonds. The molecule has 2 rings (SSSR count). The van der Waals surface area contributed by atoms with Crippen molar-refractivity contribution in [2.75, 3.05) is 7.11 Å². The summed E-state index contributed by atoms with van der Waals surface area (Å²) in [5, 5.41) is 12.4. The van der Waals surface area contributed by atoms with Gasteiger partial charge in [-0.1, -0.05) is 27.2 Å². The minimum atomic E-state index is -0.289. The van der Waals surface area contributed by atoms with Crippen molar-refractivity contribution >= 4 is 27.6 Å². The molecule has 0 spiro atoms. The van der Waals surface area contributed by atoms with Gasteiger partial charge >= 0.3 is 5.97 Å². The fourth-order valence-electron chi connectivity index (χ4n) is 2.14. The predicted octanol–water partition coefficient (Wildman–Crippen LogP) is 2.36. The van der Waals surface area contributed by atoms with E-state index in [2.05, 4.69) is 25.8 Å². The summed E-state index contributed by atoms with van der Waals surface area (Å²) in [6.45, 7) is 0. The first-order valence-corrected chi connectivity index (χ1v) is 6.02. The van der Waals surface area contributed by atoms with Gasteiger partial charge in [0.2, 0.25) is 0 Å². The molecule has 5 heteroatoms. The molecule has 1 aliphatic carbocycles. The summed E-state index contributed by atoms with van der Waals surface area (Å²) in [4.78, 5) is 11.3. The second kappa shape index (κ2) is 4.87. The molecule has 1 aromatic carbocycles. The second-order valence-electron chi connectivity index (χ2n) is 3.97. The summed E-state index contributed by atoms with van der Waals surface area (Å²) >= 11 is 3.38. The zero-order valence-corrected chi connectivity index (χ0v) is 10.9. The Morgan fingerprint density at radius 2 is 2.41 bits per heavy atom. The smallest absolute Gasteiger partial charge is 0.306 e. The highest BCUT2D eigenvalue weighted by atomic mass is 79.9. The predicted molar refractivity (Wildman–Crippen MR) is 66.3 cm³/mol. The van der Waals surface area contributed by atoms with Crippen molar-refractivity contribution in [2.24, 2.45) is 11.1 Å². The number of benzene rings is 1. The molecule has 0 radical (unpaired) electrons. The minimum Gasteiger partial charge on any atom is -0.469 e. The third kappa shape index (κ3) is 2.34. The number of carbonyl (C=O) groups is 1. The number of rotatable bonds is 2. The summed E-state index contributed by atoms with van der Waals surface area (Å²) in [6, 6.07) is 5.82. The van der Waals surface area contributed by atoms with E-state index in [4.69, 9.17) is 5.21 Å². The zero-order chi connectivity index (χ0) is 12.4. The van der Waals surface area contributed by atoms with Crippen LogP contribution in [0.5, 0.6) is 0 Å². The van der Waals surface area contributed by atoms with E-state index in [1.165, 1.54) is 7.11 Å². The molecular formula is C12H12BrNO3. The molecule has 0 aliphatic heterocycles. The highest BCUT2D eigenvalue weighted by Crippen LogP contribution is 2.31. The van der Waals surface area contributed by atoms with E-state index in [0.29, 0.717) is 12.1 Å². The van der Waals surface area contributed by atoms with Crippen molar-refractivity contribution in [3.63, 3.8) is 0 Å². The van der Waals surface area contributed by atoms with Gasteiger partial charge in [-0.15, -0.1) is 0 Å². The highest BCUT2D eigenvalue weighted by molar-refractivity contribution is 9.10. The van der Waals surface area contributed by atoms with Gasteiger partial charge in [-0.25, -0.2) is 0 Å².